The Hall–Kier alpha value is -5.88. The fraction of sp³-hybridized carbons (Fsp3) is 0.345. The minimum atomic E-state index is 0.740. The molecule has 0 atom stereocenters. The van der Waals surface area contributed by atoms with Gasteiger partial charge in [-0.1, -0.05) is 120 Å². The van der Waals surface area contributed by atoms with E-state index >= 15 is 0 Å². The van der Waals surface area contributed by atoms with E-state index in [1.807, 2.05) is 27.7 Å². The second-order valence-corrected chi connectivity index (χ2v) is 16.2. The zero-order valence-corrected chi connectivity index (χ0v) is 39.0. The van der Waals surface area contributed by atoms with E-state index in [4.69, 9.17) is 10.2 Å². The maximum absolute atomic E-state index is 5.04. The van der Waals surface area contributed by atoms with E-state index < -0.39 is 0 Å². The van der Waals surface area contributed by atoms with Crippen molar-refractivity contribution in [3.05, 3.63) is 188 Å². The lowest BCUT2D eigenvalue weighted by molar-refractivity contribution is -0.700. The number of nitrogens with zero attached hydrogens (tertiary/aromatic N) is 6. The Morgan fingerprint density at radius 3 is 1.44 bits per heavy atom. The molecule has 0 N–H and O–H groups in total. The molecule has 8 rings (SSSR count). The Kier molecular flexibility index (Phi) is 14.7. The summed E-state index contributed by atoms with van der Waals surface area (Å²) in [5.41, 5.74) is 21.0. The van der Waals surface area contributed by atoms with E-state index in [1.165, 1.54) is 89.8 Å². The van der Waals surface area contributed by atoms with Gasteiger partial charge in [-0.15, -0.1) is 10.2 Å². The van der Waals surface area contributed by atoms with Crippen molar-refractivity contribution in [2.24, 2.45) is 17.3 Å². The van der Waals surface area contributed by atoms with E-state index in [2.05, 4.69) is 184 Å². The summed E-state index contributed by atoms with van der Waals surface area (Å²) < 4.78 is 4.75. The van der Waals surface area contributed by atoms with Gasteiger partial charge in [0.25, 0.3) is 0 Å². The number of fused-ring (bicyclic) bond motifs is 2. The fourth-order valence-corrected chi connectivity index (χ4v) is 8.64. The quantitative estimate of drug-likeness (QED) is 0.102. The molecule has 2 aromatic heterocycles. The molecule has 6 heteroatoms. The van der Waals surface area contributed by atoms with Gasteiger partial charge in [0.2, 0.25) is 0 Å². The Balaban J connectivity index is 0.00000151. The van der Waals surface area contributed by atoms with Gasteiger partial charge in [0, 0.05) is 93.8 Å². The zero-order chi connectivity index (χ0) is 43.8. The van der Waals surface area contributed by atoms with Crippen LogP contribution in [0.2, 0.25) is 0 Å². The lowest BCUT2D eigenvalue weighted by Gasteiger charge is -2.21. The minimum absolute atomic E-state index is 0.740. The van der Waals surface area contributed by atoms with Gasteiger partial charge in [0.1, 0.15) is 18.7 Å². The fourth-order valence-electron chi connectivity index (χ4n) is 8.64. The third kappa shape index (κ3) is 9.70. The van der Waals surface area contributed by atoms with Crippen LogP contribution in [0, 0.1) is 41.5 Å². The number of hydrogen-bond donors (Lipinski definition) is 0. The lowest BCUT2D eigenvalue weighted by atomic mass is 9.95. The zero-order valence-electron chi connectivity index (χ0n) is 39.0. The largest absolute Gasteiger partial charge is 0.323 e. The summed E-state index contributed by atoms with van der Waals surface area (Å²) in [5, 5.41) is 10.1. The average Bonchev–Trinajstić information content (AvgIpc) is 3.83. The Bertz CT molecular complexity index is 2530. The highest BCUT2D eigenvalue weighted by Gasteiger charge is 2.29. The maximum atomic E-state index is 5.04. The van der Waals surface area contributed by atoms with Gasteiger partial charge in [-0.25, -0.2) is 4.57 Å². The molecule has 4 aromatic carbocycles. The molecule has 0 fully saturated rings. The van der Waals surface area contributed by atoms with Gasteiger partial charge in [0.05, 0.1) is 0 Å². The van der Waals surface area contributed by atoms with E-state index in [1.54, 1.807) is 0 Å². The van der Waals surface area contributed by atoms with Crippen molar-refractivity contribution < 1.29 is 9.13 Å². The van der Waals surface area contributed by atoms with Crippen molar-refractivity contribution in [1.82, 2.24) is 0 Å². The second kappa shape index (κ2) is 20.1. The number of anilines is 2. The first kappa shape index (κ1) is 44.7. The number of aromatic nitrogens is 2. The predicted octanol–water partition coefficient (Wildman–Crippen LogP) is 11.4. The molecule has 0 amide bonds. The molecule has 0 saturated carbocycles. The van der Waals surface area contributed by atoms with Crippen LogP contribution in [0.3, 0.4) is 0 Å². The Morgan fingerprint density at radius 1 is 0.525 bits per heavy atom. The van der Waals surface area contributed by atoms with Crippen LogP contribution in [-0.2, 0) is 52.4 Å². The molecule has 2 aliphatic rings. The first-order valence-corrected chi connectivity index (χ1v) is 22.5. The monoisotopic (exact) mass is 813 g/mol. The van der Waals surface area contributed by atoms with E-state index in [-0.39, 0.29) is 0 Å². The molecule has 0 spiro atoms. The standard InChI is InChI=1S/C51H56N6.2C2H6/c1-9-40-18-20-42(21-19-40)32-56-48-16-12-10-14-44(48)29-50(56)52-53-51-30-45-15-11-13-17-49(45)57(51)33-43-24-22-41(23-25-43)31-55-35(3)27-47(37(5)39(55)7)28-46-26-34(2)54(8)38(6)36(46)4;2*1-2/h10-27H,9,28-33H2,1-8H3;2*1-2H3/q+2;;/b52-50+,53-51+;;. The number of aryl methyl sites for hydroxylation is 3. The third-order valence-corrected chi connectivity index (χ3v) is 12.7. The van der Waals surface area contributed by atoms with Gasteiger partial charge in [0.15, 0.2) is 29.3 Å². The van der Waals surface area contributed by atoms with Crippen LogP contribution >= 0.6 is 0 Å². The van der Waals surface area contributed by atoms with Crippen molar-refractivity contribution in [1.29, 1.82) is 0 Å². The van der Waals surface area contributed by atoms with Crippen LogP contribution in [0.5, 0.6) is 0 Å². The molecule has 0 bridgehead atoms. The lowest BCUT2D eigenvalue weighted by Crippen LogP contribution is -2.42. The van der Waals surface area contributed by atoms with Crippen molar-refractivity contribution in [2.75, 3.05) is 9.80 Å². The Morgan fingerprint density at radius 2 is 0.951 bits per heavy atom. The minimum Gasteiger partial charge on any atom is -0.323 e. The van der Waals surface area contributed by atoms with Crippen LogP contribution in [0.15, 0.2) is 119 Å². The van der Waals surface area contributed by atoms with Crippen LogP contribution in [0.4, 0.5) is 11.4 Å². The SMILES string of the molecule is CC.CC.CCc1ccc(CN2/C(=N/N=C3\Cc4ccccc4N3Cc3ccc(C[n+]4c(C)cc(Cc5cc(C)[n+](C)c(C)c5C)c(C)c4C)cc3)Cc3ccccc32)cc1. The first-order valence-electron chi connectivity index (χ1n) is 22.5. The summed E-state index contributed by atoms with van der Waals surface area (Å²) in [4.78, 5) is 4.70. The highest BCUT2D eigenvalue weighted by atomic mass is 15.4. The van der Waals surface area contributed by atoms with Crippen LogP contribution in [-0.4, -0.2) is 11.7 Å². The number of pyridine rings is 2. The molecule has 0 aliphatic carbocycles. The maximum Gasteiger partial charge on any atom is 0.181 e. The van der Waals surface area contributed by atoms with Gasteiger partial charge < -0.3 is 9.80 Å². The van der Waals surface area contributed by atoms with E-state index in [9.17, 15) is 0 Å². The first-order chi connectivity index (χ1) is 29.6. The summed E-state index contributed by atoms with van der Waals surface area (Å²) in [6, 6.07) is 40.2. The summed E-state index contributed by atoms with van der Waals surface area (Å²) in [6.45, 7) is 26.1. The molecule has 0 radical (unpaired) electrons. The summed E-state index contributed by atoms with van der Waals surface area (Å²) >= 11 is 0. The summed E-state index contributed by atoms with van der Waals surface area (Å²) in [6.07, 6.45) is 3.54. The van der Waals surface area contributed by atoms with Crippen molar-refractivity contribution in [3.63, 3.8) is 0 Å². The van der Waals surface area contributed by atoms with Crippen LogP contribution < -0.4 is 18.9 Å². The number of rotatable bonds is 10. The average molecular weight is 813 g/mol. The van der Waals surface area contributed by atoms with E-state index in [0.717, 1.165) is 57.0 Å². The molecule has 61 heavy (non-hydrogen) atoms. The third-order valence-electron chi connectivity index (χ3n) is 12.7. The number of hydrogen-bond acceptors (Lipinski definition) is 2. The summed E-state index contributed by atoms with van der Waals surface area (Å²) in [7, 11) is 2.16. The molecule has 0 saturated heterocycles. The van der Waals surface area contributed by atoms with Crippen molar-refractivity contribution in [2.45, 2.75) is 121 Å². The molecule has 0 unspecified atom stereocenters. The molecular formula is C55H68N6+2. The highest BCUT2D eigenvalue weighted by Crippen LogP contribution is 2.33. The number of amidine groups is 2. The topological polar surface area (TPSA) is 39.0 Å². The highest BCUT2D eigenvalue weighted by molar-refractivity contribution is 6.07. The normalized spacial score (nSPS) is 14.1. The van der Waals surface area contributed by atoms with Gasteiger partial charge >= 0.3 is 0 Å². The van der Waals surface area contributed by atoms with Gasteiger partial charge in [-0.3, -0.25) is 0 Å². The number of benzene rings is 4. The van der Waals surface area contributed by atoms with Crippen LogP contribution in [0.25, 0.3) is 0 Å². The predicted molar refractivity (Wildman–Crippen MR) is 257 cm³/mol. The molecule has 6 aromatic rings. The second-order valence-electron chi connectivity index (χ2n) is 16.2. The molecule has 316 valence electrons. The molecule has 4 heterocycles. The number of para-hydroxylation sites is 2. The van der Waals surface area contributed by atoms with Gasteiger partial charge in [-0.05, 0) is 77.8 Å². The smallest absolute Gasteiger partial charge is 0.181 e. The van der Waals surface area contributed by atoms with Gasteiger partial charge in [-0.2, -0.15) is 4.57 Å². The Labute approximate surface area is 367 Å². The van der Waals surface area contributed by atoms with Crippen molar-refractivity contribution in [3.8, 4) is 0 Å². The molecular weight excluding hydrogens is 745 g/mol. The van der Waals surface area contributed by atoms with Crippen molar-refractivity contribution >= 4 is 23.0 Å². The molecule has 2 aliphatic heterocycles. The van der Waals surface area contributed by atoms with Crippen LogP contribution in [0.1, 0.15) is 113 Å². The summed E-state index contributed by atoms with van der Waals surface area (Å²) in [5.74, 6) is 1.97. The molecule has 6 nitrogen and oxygen atoms in total. The van der Waals surface area contributed by atoms with E-state index in [0.29, 0.717) is 0 Å².